The summed E-state index contributed by atoms with van der Waals surface area (Å²) in [4.78, 5) is 0. The molecule has 0 aromatic heterocycles. The van der Waals surface area contributed by atoms with Crippen molar-refractivity contribution in [3.63, 3.8) is 0 Å². The van der Waals surface area contributed by atoms with E-state index in [0.717, 1.165) is 0 Å². The Hall–Kier alpha value is -0.300. The van der Waals surface area contributed by atoms with Crippen LogP contribution in [0.1, 0.15) is 33.6 Å². The number of rotatable bonds is 2. The standard InChI is InChI=1S/C9H15F3O3S/c1-6-4-8(2,3)5-7(6)15-16(13,14)9(10,11)12/h6-7H,4-5H2,1-3H3. The van der Waals surface area contributed by atoms with Crippen LogP contribution in [0.25, 0.3) is 0 Å². The van der Waals surface area contributed by atoms with Gasteiger partial charge in [-0.1, -0.05) is 20.8 Å². The van der Waals surface area contributed by atoms with E-state index in [-0.39, 0.29) is 11.3 Å². The van der Waals surface area contributed by atoms with Crippen LogP contribution < -0.4 is 0 Å². The van der Waals surface area contributed by atoms with Gasteiger partial charge < -0.3 is 0 Å². The smallest absolute Gasteiger partial charge is 0.260 e. The minimum Gasteiger partial charge on any atom is -0.260 e. The van der Waals surface area contributed by atoms with Crippen LogP contribution in [0.15, 0.2) is 0 Å². The molecule has 3 nitrogen and oxygen atoms in total. The Bertz CT molecular complexity index is 359. The van der Waals surface area contributed by atoms with Gasteiger partial charge in [-0.25, -0.2) is 0 Å². The van der Waals surface area contributed by atoms with Crippen LogP contribution in [0, 0.1) is 11.3 Å². The molecule has 16 heavy (non-hydrogen) atoms. The molecule has 1 rings (SSSR count). The second-order valence-corrected chi connectivity index (χ2v) is 6.65. The molecule has 0 amide bonds. The third kappa shape index (κ3) is 2.88. The van der Waals surface area contributed by atoms with Crippen molar-refractivity contribution in [1.82, 2.24) is 0 Å². The minimum atomic E-state index is -5.46. The molecule has 1 aliphatic carbocycles. The molecule has 96 valence electrons. The molecule has 0 aromatic carbocycles. The van der Waals surface area contributed by atoms with Gasteiger partial charge in [0, 0.05) is 0 Å². The summed E-state index contributed by atoms with van der Waals surface area (Å²) in [6, 6.07) is 0. The van der Waals surface area contributed by atoms with E-state index < -0.39 is 21.7 Å². The molecule has 1 aliphatic rings. The first-order valence-corrected chi connectivity index (χ1v) is 6.35. The maximum atomic E-state index is 12.1. The van der Waals surface area contributed by atoms with Crippen molar-refractivity contribution in [3.05, 3.63) is 0 Å². The SMILES string of the molecule is CC1CC(C)(C)CC1OS(=O)(=O)C(F)(F)F. The van der Waals surface area contributed by atoms with E-state index in [9.17, 15) is 21.6 Å². The highest BCUT2D eigenvalue weighted by Crippen LogP contribution is 2.43. The van der Waals surface area contributed by atoms with Gasteiger partial charge in [0.05, 0.1) is 6.10 Å². The average molecular weight is 260 g/mol. The van der Waals surface area contributed by atoms with Crippen molar-refractivity contribution in [2.24, 2.45) is 11.3 Å². The summed E-state index contributed by atoms with van der Waals surface area (Å²) in [6.45, 7) is 5.46. The van der Waals surface area contributed by atoms with Gasteiger partial charge in [-0.05, 0) is 24.2 Å². The van der Waals surface area contributed by atoms with E-state index >= 15 is 0 Å². The minimum absolute atomic E-state index is 0.175. The van der Waals surface area contributed by atoms with Crippen LogP contribution in [0.2, 0.25) is 0 Å². The molecule has 7 heteroatoms. The second-order valence-electron chi connectivity index (χ2n) is 5.08. The molecule has 0 radical (unpaired) electrons. The fourth-order valence-electron chi connectivity index (χ4n) is 2.18. The molecule has 0 spiro atoms. The summed E-state index contributed by atoms with van der Waals surface area (Å²) >= 11 is 0. The zero-order chi connectivity index (χ0) is 12.8. The highest BCUT2D eigenvalue weighted by atomic mass is 32.2. The lowest BCUT2D eigenvalue weighted by Crippen LogP contribution is -2.31. The summed E-state index contributed by atoms with van der Waals surface area (Å²) in [6.07, 6.45) is 0.107. The molecule has 2 unspecified atom stereocenters. The monoisotopic (exact) mass is 260 g/mol. The van der Waals surface area contributed by atoms with Gasteiger partial charge in [0.15, 0.2) is 0 Å². The maximum absolute atomic E-state index is 12.1. The first kappa shape index (κ1) is 13.8. The largest absolute Gasteiger partial charge is 0.523 e. The number of hydrogen-bond donors (Lipinski definition) is 0. The Labute approximate surface area is 93.1 Å². The van der Waals surface area contributed by atoms with Crippen molar-refractivity contribution in [2.45, 2.75) is 45.2 Å². The third-order valence-corrected chi connectivity index (χ3v) is 3.86. The lowest BCUT2D eigenvalue weighted by molar-refractivity contribution is -0.0585. The van der Waals surface area contributed by atoms with Crippen LogP contribution in [0.5, 0.6) is 0 Å². The number of halogens is 3. The van der Waals surface area contributed by atoms with Gasteiger partial charge in [0.25, 0.3) is 0 Å². The van der Waals surface area contributed by atoms with Crippen molar-refractivity contribution in [1.29, 1.82) is 0 Å². The molecule has 0 aromatic rings. The lowest BCUT2D eigenvalue weighted by atomic mass is 9.91. The number of alkyl halides is 3. The molecule has 0 saturated heterocycles. The Balaban J connectivity index is 2.78. The van der Waals surface area contributed by atoms with Crippen molar-refractivity contribution < 1.29 is 25.8 Å². The summed E-state index contributed by atoms with van der Waals surface area (Å²) in [7, 11) is -5.46. The van der Waals surface area contributed by atoms with E-state index in [1.54, 1.807) is 6.92 Å². The van der Waals surface area contributed by atoms with Gasteiger partial charge in [-0.3, -0.25) is 4.18 Å². The summed E-state index contributed by atoms with van der Waals surface area (Å²) in [5.74, 6) is -0.188. The molecule has 0 aliphatic heterocycles. The topological polar surface area (TPSA) is 43.4 Å². The fourth-order valence-corrected chi connectivity index (χ4v) is 2.87. The average Bonchev–Trinajstić information content (AvgIpc) is 2.20. The normalized spacial score (nSPS) is 30.6. The Morgan fingerprint density at radius 3 is 2.06 bits per heavy atom. The molecule has 2 atom stereocenters. The quantitative estimate of drug-likeness (QED) is 0.566. The van der Waals surface area contributed by atoms with Crippen LogP contribution >= 0.6 is 0 Å². The Morgan fingerprint density at radius 2 is 1.75 bits per heavy atom. The molecule has 0 heterocycles. The maximum Gasteiger partial charge on any atom is 0.523 e. The van der Waals surface area contributed by atoms with E-state index in [4.69, 9.17) is 0 Å². The van der Waals surface area contributed by atoms with Crippen LogP contribution in [-0.4, -0.2) is 20.0 Å². The molecule has 0 N–H and O–H groups in total. The van der Waals surface area contributed by atoms with E-state index in [0.29, 0.717) is 12.8 Å². The predicted molar refractivity (Wildman–Crippen MR) is 52.0 cm³/mol. The summed E-state index contributed by atoms with van der Waals surface area (Å²) < 4.78 is 62.2. The number of hydrogen-bond acceptors (Lipinski definition) is 3. The van der Waals surface area contributed by atoms with Gasteiger partial charge >= 0.3 is 15.6 Å². The van der Waals surface area contributed by atoms with Gasteiger partial charge in [-0.15, -0.1) is 0 Å². The summed E-state index contributed by atoms with van der Waals surface area (Å²) in [5.41, 5.74) is -5.51. The molecule has 1 fully saturated rings. The Kier molecular flexibility index (Phi) is 3.33. The first-order chi connectivity index (χ1) is 6.95. The fraction of sp³-hybridized carbons (Fsp3) is 1.00. The van der Waals surface area contributed by atoms with Crippen LogP contribution in [0.3, 0.4) is 0 Å². The van der Waals surface area contributed by atoms with Gasteiger partial charge in [0.2, 0.25) is 0 Å². The predicted octanol–water partition coefficient (Wildman–Crippen LogP) is 2.68. The van der Waals surface area contributed by atoms with Gasteiger partial charge in [-0.2, -0.15) is 21.6 Å². The molecule has 0 bridgehead atoms. The highest BCUT2D eigenvalue weighted by molar-refractivity contribution is 7.87. The van der Waals surface area contributed by atoms with Crippen LogP contribution in [-0.2, 0) is 14.3 Å². The van der Waals surface area contributed by atoms with Crippen LogP contribution in [0.4, 0.5) is 13.2 Å². The van der Waals surface area contributed by atoms with Gasteiger partial charge in [0.1, 0.15) is 0 Å². The summed E-state index contributed by atoms with van der Waals surface area (Å²) in [5, 5.41) is 0. The third-order valence-electron chi connectivity index (χ3n) is 2.80. The first-order valence-electron chi connectivity index (χ1n) is 4.94. The van der Waals surface area contributed by atoms with E-state index in [1.807, 2.05) is 13.8 Å². The second kappa shape index (κ2) is 3.87. The Morgan fingerprint density at radius 1 is 1.25 bits per heavy atom. The zero-order valence-corrected chi connectivity index (χ0v) is 10.2. The van der Waals surface area contributed by atoms with E-state index in [1.165, 1.54) is 0 Å². The molecular weight excluding hydrogens is 245 g/mol. The zero-order valence-electron chi connectivity index (χ0n) is 9.34. The molecule has 1 saturated carbocycles. The van der Waals surface area contributed by atoms with Crippen molar-refractivity contribution in [3.8, 4) is 0 Å². The molecular formula is C9H15F3O3S. The lowest BCUT2D eigenvalue weighted by Gasteiger charge is -2.18. The highest BCUT2D eigenvalue weighted by Gasteiger charge is 2.51. The van der Waals surface area contributed by atoms with E-state index in [2.05, 4.69) is 4.18 Å². The van der Waals surface area contributed by atoms with Crippen molar-refractivity contribution >= 4 is 10.1 Å². The van der Waals surface area contributed by atoms with Crippen molar-refractivity contribution in [2.75, 3.05) is 0 Å².